The molecular formula is C17H33NO. The zero-order valence-electron chi connectivity index (χ0n) is 13.4. The minimum Gasteiger partial charge on any atom is -0.396 e. The summed E-state index contributed by atoms with van der Waals surface area (Å²) in [7, 11) is 0. The molecule has 2 fully saturated rings. The molecule has 19 heavy (non-hydrogen) atoms. The summed E-state index contributed by atoms with van der Waals surface area (Å²) in [6, 6.07) is 0. The van der Waals surface area contributed by atoms with E-state index in [4.69, 9.17) is 0 Å². The molecule has 2 rings (SSSR count). The van der Waals surface area contributed by atoms with Crippen LogP contribution in [-0.2, 0) is 0 Å². The Hall–Kier alpha value is -0.0800. The van der Waals surface area contributed by atoms with Crippen LogP contribution in [0, 0.1) is 22.7 Å². The fraction of sp³-hybridized carbons (Fsp3) is 1.00. The smallest absolute Gasteiger partial charge is 0.0499 e. The lowest BCUT2D eigenvalue weighted by atomic mass is 9.70. The van der Waals surface area contributed by atoms with E-state index in [2.05, 4.69) is 32.6 Å². The Kier molecular flexibility index (Phi) is 4.62. The Morgan fingerprint density at radius 2 is 2.00 bits per heavy atom. The van der Waals surface area contributed by atoms with Crippen molar-refractivity contribution in [1.82, 2.24) is 4.90 Å². The minimum atomic E-state index is 0.199. The van der Waals surface area contributed by atoms with Gasteiger partial charge in [0.1, 0.15) is 0 Å². The highest BCUT2D eigenvalue weighted by Crippen LogP contribution is 2.41. The van der Waals surface area contributed by atoms with Crippen molar-refractivity contribution in [3.05, 3.63) is 0 Å². The fourth-order valence-electron chi connectivity index (χ4n) is 4.26. The maximum Gasteiger partial charge on any atom is 0.0499 e. The Morgan fingerprint density at radius 3 is 2.53 bits per heavy atom. The highest BCUT2D eigenvalue weighted by atomic mass is 16.3. The number of likely N-dealkylation sites (tertiary alicyclic amines) is 1. The lowest BCUT2D eigenvalue weighted by molar-refractivity contribution is 0.0279. The van der Waals surface area contributed by atoms with Gasteiger partial charge >= 0.3 is 0 Å². The number of hydrogen-bond acceptors (Lipinski definition) is 2. The molecule has 0 aromatic heterocycles. The van der Waals surface area contributed by atoms with Gasteiger partial charge in [-0.25, -0.2) is 0 Å². The monoisotopic (exact) mass is 267 g/mol. The Balaban J connectivity index is 1.93. The average molecular weight is 267 g/mol. The molecule has 1 aliphatic heterocycles. The third-order valence-corrected chi connectivity index (χ3v) is 5.58. The third-order valence-electron chi connectivity index (χ3n) is 5.58. The van der Waals surface area contributed by atoms with Gasteiger partial charge in [-0.2, -0.15) is 0 Å². The maximum atomic E-state index is 9.92. The normalized spacial score (nSPS) is 37.7. The molecule has 3 unspecified atom stereocenters. The van der Waals surface area contributed by atoms with E-state index in [9.17, 15) is 5.11 Å². The van der Waals surface area contributed by atoms with Crippen LogP contribution in [0.5, 0.6) is 0 Å². The van der Waals surface area contributed by atoms with E-state index < -0.39 is 0 Å². The van der Waals surface area contributed by atoms with Crippen LogP contribution in [0.2, 0.25) is 0 Å². The lowest BCUT2D eigenvalue weighted by Crippen LogP contribution is -2.42. The summed E-state index contributed by atoms with van der Waals surface area (Å²) in [6.45, 7) is 13.4. The molecule has 0 aromatic carbocycles. The minimum absolute atomic E-state index is 0.199. The van der Waals surface area contributed by atoms with Crippen molar-refractivity contribution in [3.8, 4) is 0 Å². The Morgan fingerprint density at radius 1 is 1.26 bits per heavy atom. The molecule has 0 aromatic rings. The number of rotatable bonds is 3. The van der Waals surface area contributed by atoms with E-state index in [-0.39, 0.29) is 5.41 Å². The van der Waals surface area contributed by atoms with Gasteiger partial charge in [0, 0.05) is 25.1 Å². The van der Waals surface area contributed by atoms with Gasteiger partial charge in [-0.15, -0.1) is 0 Å². The quantitative estimate of drug-likeness (QED) is 0.845. The molecule has 1 N–H and O–H groups in total. The highest BCUT2D eigenvalue weighted by molar-refractivity contribution is 4.91. The van der Waals surface area contributed by atoms with Crippen molar-refractivity contribution in [1.29, 1.82) is 0 Å². The standard InChI is InChI=1S/C17H33NO/c1-14-6-5-8-17(10-14,13-19)12-18-9-7-15(11-18)16(2,3)4/h14-15,19H,5-13H2,1-4H3. The van der Waals surface area contributed by atoms with Crippen LogP contribution in [0.3, 0.4) is 0 Å². The Bertz CT molecular complexity index is 296. The number of hydrogen-bond donors (Lipinski definition) is 1. The van der Waals surface area contributed by atoms with E-state index in [1.807, 2.05) is 0 Å². The first-order chi connectivity index (χ1) is 8.85. The van der Waals surface area contributed by atoms with Crippen LogP contribution >= 0.6 is 0 Å². The van der Waals surface area contributed by atoms with Crippen molar-refractivity contribution in [2.75, 3.05) is 26.2 Å². The summed E-state index contributed by atoms with van der Waals surface area (Å²) in [4.78, 5) is 2.63. The number of nitrogens with zero attached hydrogens (tertiary/aromatic N) is 1. The van der Waals surface area contributed by atoms with Crippen LogP contribution in [0.15, 0.2) is 0 Å². The fourth-order valence-corrected chi connectivity index (χ4v) is 4.26. The van der Waals surface area contributed by atoms with Crippen molar-refractivity contribution in [2.45, 2.75) is 59.8 Å². The van der Waals surface area contributed by atoms with Crippen molar-refractivity contribution < 1.29 is 5.11 Å². The van der Waals surface area contributed by atoms with Crippen LogP contribution in [-0.4, -0.2) is 36.2 Å². The molecule has 0 radical (unpaired) electrons. The summed E-state index contributed by atoms with van der Waals surface area (Å²) < 4.78 is 0. The van der Waals surface area contributed by atoms with E-state index in [1.165, 1.54) is 45.2 Å². The predicted octanol–water partition coefficient (Wildman–Crippen LogP) is 3.54. The molecular weight excluding hydrogens is 234 g/mol. The van der Waals surface area contributed by atoms with Crippen molar-refractivity contribution in [3.63, 3.8) is 0 Å². The van der Waals surface area contributed by atoms with Gasteiger partial charge in [-0.1, -0.05) is 40.5 Å². The third kappa shape index (κ3) is 3.72. The van der Waals surface area contributed by atoms with E-state index in [0.717, 1.165) is 18.4 Å². The van der Waals surface area contributed by atoms with Gasteiger partial charge in [-0.3, -0.25) is 0 Å². The van der Waals surface area contributed by atoms with Crippen molar-refractivity contribution in [2.24, 2.45) is 22.7 Å². The molecule has 1 heterocycles. The first-order valence-corrected chi connectivity index (χ1v) is 8.18. The van der Waals surface area contributed by atoms with Crippen LogP contribution in [0.25, 0.3) is 0 Å². The van der Waals surface area contributed by atoms with Gasteiger partial charge in [0.25, 0.3) is 0 Å². The molecule has 1 aliphatic carbocycles. The van der Waals surface area contributed by atoms with Gasteiger partial charge in [0.2, 0.25) is 0 Å². The predicted molar refractivity (Wildman–Crippen MR) is 81.2 cm³/mol. The van der Waals surface area contributed by atoms with Crippen LogP contribution in [0.1, 0.15) is 59.8 Å². The molecule has 1 saturated heterocycles. The topological polar surface area (TPSA) is 23.5 Å². The van der Waals surface area contributed by atoms with Crippen molar-refractivity contribution >= 4 is 0 Å². The first-order valence-electron chi connectivity index (χ1n) is 8.18. The van der Waals surface area contributed by atoms with E-state index >= 15 is 0 Å². The summed E-state index contributed by atoms with van der Waals surface area (Å²) >= 11 is 0. The van der Waals surface area contributed by atoms with E-state index in [1.54, 1.807) is 0 Å². The second-order valence-corrected chi connectivity index (χ2v) is 8.45. The highest BCUT2D eigenvalue weighted by Gasteiger charge is 2.39. The molecule has 2 aliphatic rings. The zero-order chi connectivity index (χ0) is 14.1. The molecule has 0 amide bonds. The average Bonchev–Trinajstić information content (AvgIpc) is 2.77. The molecule has 2 heteroatoms. The van der Waals surface area contributed by atoms with Gasteiger partial charge < -0.3 is 10.0 Å². The summed E-state index contributed by atoms with van der Waals surface area (Å²) in [5.74, 6) is 1.62. The van der Waals surface area contributed by atoms with Gasteiger partial charge in [0.15, 0.2) is 0 Å². The molecule has 112 valence electrons. The Labute approximate surface area is 119 Å². The summed E-state index contributed by atoms with van der Waals surface area (Å²) in [6.07, 6.45) is 6.44. The maximum absolute atomic E-state index is 9.92. The summed E-state index contributed by atoms with van der Waals surface area (Å²) in [5.41, 5.74) is 0.630. The van der Waals surface area contributed by atoms with Gasteiger partial charge in [0.05, 0.1) is 0 Å². The molecule has 2 nitrogen and oxygen atoms in total. The second kappa shape index (κ2) is 5.73. The first kappa shape index (κ1) is 15.3. The van der Waals surface area contributed by atoms with Crippen LogP contribution < -0.4 is 0 Å². The van der Waals surface area contributed by atoms with Gasteiger partial charge in [-0.05, 0) is 43.1 Å². The lowest BCUT2D eigenvalue weighted by Gasteiger charge is -2.41. The second-order valence-electron chi connectivity index (χ2n) is 8.45. The molecule has 0 bridgehead atoms. The summed E-state index contributed by atoms with van der Waals surface area (Å²) in [5, 5.41) is 9.92. The number of aliphatic hydroxyl groups excluding tert-OH is 1. The molecule has 3 atom stereocenters. The van der Waals surface area contributed by atoms with Crippen LogP contribution in [0.4, 0.5) is 0 Å². The molecule has 1 saturated carbocycles. The largest absolute Gasteiger partial charge is 0.396 e. The van der Waals surface area contributed by atoms with E-state index in [0.29, 0.717) is 12.0 Å². The zero-order valence-corrected chi connectivity index (χ0v) is 13.4. The SMILES string of the molecule is CC1CCCC(CO)(CN2CCC(C(C)(C)C)C2)C1. The number of aliphatic hydroxyl groups is 1. The molecule has 0 spiro atoms.